The second kappa shape index (κ2) is 7.32. The maximum atomic E-state index is 5.81. The number of anilines is 1. The SMILES string of the molecule is CC(C)(C)c1ccccc1Br.CC(C)(C)c1ccccc1N. The van der Waals surface area contributed by atoms with E-state index in [4.69, 9.17) is 5.73 Å². The average Bonchev–Trinajstić information content (AvgIpc) is 2.37. The summed E-state index contributed by atoms with van der Waals surface area (Å²) in [6.07, 6.45) is 0. The lowest BCUT2D eigenvalue weighted by atomic mass is 9.86. The van der Waals surface area contributed by atoms with Gasteiger partial charge in [0.2, 0.25) is 0 Å². The number of nitrogens with two attached hydrogens (primary N) is 1. The van der Waals surface area contributed by atoms with Gasteiger partial charge < -0.3 is 5.73 Å². The average molecular weight is 362 g/mol. The molecular formula is C20H28BrN. The minimum Gasteiger partial charge on any atom is -0.398 e. The van der Waals surface area contributed by atoms with Crippen LogP contribution in [-0.2, 0) is 10.8 Å². The second-order valence-corrected chi connectivity index (χ2v) is 8.42. The Kier molecular flexibility index (Phi) is 6.25. The highest BCUT2D eigenvalue weighted by Crippen LogP contribution is 2.29. The molecule has 0 fully saturated rings. The van der Waals surface area contributed by atoms with Crippen LogP contribution in [0.5, 0.6) is 0 Å². The van der Waals surface area contributed by atoms with E-state index in [-0.39, 0.29) is 10.8 Å². The summed E-state index contributed by atoms with van der Waals surface area (Å²) in [4.78, 5) is 0. The largest absolute Gasteiger partial charge is 0.398 e. The maximum absolute atomic E-state index is 5.81. The molecule has 2 N–H and O–H groups in total. The van der Waals surface area contributed by atoms with Crippen LogP contribution in [-0.4, -0.2) is 0 Å². The fourth-order valence-corrected chi connectivity index (χ4v) is 3.13. The molecular weight excluding hydrogens is 334 g/mol. The first kappa shape index (κ1) is 18.8. The number of para-hydroxylation sites is 1. The van der Waals surface area contributed by atoms with Gasteiger partial charge in [0.15, 0.2) is 0 Å². The lowest BCUT2D eigenvalue weighted by Crippen LogP contribution is -2.13. The number of halogens is 1. The lowest BCUT2D eigenvalue weighted by Gasteiger charge is -2.20. The molecule has 2 rings (SSSR count). The van der Waals surface area contributed by atoms with Crippen molar-refractivity contribution in [3.8, 4) is 0 Å². The Morgan fingerprint density at radius 3 is 1.41 bits per heavy atom. The Morgan fingerprint density at radius 1 is 0.682 bits per heavy atom. The number of nitrogen functional groups attached to an aromatic ring is 1. The maximum Gasteiger partial charge on any atom is 0.0351 e. The molecule has 0 aromatic heterocycles. The third-order valence-corrected chi connectivity index (χ3v) is 4.14. The molecule has 0 spiro atoms. The fourth-order valence-electron chi connectivity index (χ4n) is 2.25. The third kappa shape index (κ3) is 5.49. The van der Waals surface area contributed by atoms with Crippen molar-refractivity contribution in [1.82, 2.24) is 0 Å². The van der Waals surface area contributed by atoms with E-state index in [0.717, 1.165) is 5.69 Å². The molecule has 0 amide bonds. The molecule has 2 aromatic carbocycles. The minimum absolute atomic E-state index is 0.158. The summed E-state index contributed by atoms with van der Waals surface area (Å²) in [6, 6.07) is 16.4. The topological polar surface area (TPSA) is 26.0 Å². The van der Waals surface area contributed by atoms with Crippen LogP contribution in [0.25, 0.3) is 0 Å². The van der Waals surface area contributed by atoms with E-state index in [2.05, 4.69) is 81.7 Å². The smallest absolute Gasteiger partial charge is 0.0351 e. The Hall–Kier alpha value is -1.28. The molecule has 0 saturated heterocycles. The van der Waals surface area contributed by atoms with Crippen molar-refractivity contribution in [2.24, 2.45) is 0 Å². The van der Waals surface area contributed by atoms with Crippen molar-refractivity contribution >= 4 is 21.6 Å². The lowest BCUT2D eigenvalue weighted by molar-refractivity contribution is 0.587. The van der Waals surface area contributed by atoms with Crippen molar-refractivity contribution in [3.05, 3.63) is 64.1 Å². The van der Waals surface area contributed by atoms with Gasteiger partial charge in [0.1, 0.15) is 0 Å². The Bertz CT molecular complexity index is 548. The van der Waals surface area contributed by atoms with Crippen LogP contribution in [0.1, 0.15) is 52.7 Å². The summed E-state index contributed by atoms with van der Waals surface area (Å²) in [6.45, 7) is 13.1. The van der Waals surface area contributed by atoms with E-state index in [1.165, 1.54) is 15.6 Å². The van der Waals surface area contributed by atoms with Crippen LogP contribution in [0.15, 0.2) is 53.0 Å². The number of hydrogen-bond donors (Lipinski definition) is 1. The number of benzene rings is 2. The van der Waals surface area contributed by atoms with E-state index in [1.54, 1.807) is 0 Å². The third-order valence-electron chi connectivity index (χ3n) is 3.45. The summed E-state index contributed by atoms with van der Waals surface area (Å²) in [5.74, 6) is 0. The van der Waals surface area contributed by atoms with Crippen LogP contribution in [0.2, 0.25) is 0 Å². The molecule has 2 heteroatoms. The van der Waals surface area contributed by atoms with Gasteiger partial charge in [-0.25, -0.2) is 0 Å². The van der Waals surface area contributed by atoms with Crippen molar-refractivity contribution in [2.75, 3.05) is 5.73 Å². The first-order valence-electron chi connectivity index (χ1n) is 7.63. The summed E-state index contributed by atoms with van der Waals surface area (Å²) < 4.78 is 1.20. The van der Waals surface area contributed by atoms with Gasteiger partial charge in [-0.15, -0.1) is 0 Å². The molecule has 0 heterocycles. The van der Waals surface area contributed by atoms with E-state index in [1.807, 2.05) is 24.3 Å². The van der Waals surface area contributed by atoms with Crippen molar-refractivity contribution in [3.63, 3.8) is 0 Å². The Labute approximate surface area is 144 Å². The van der Waals surface area contributed by atoms with E-state index in [9.17, 15) is 0 Å². The summed E-state index contributed by atoms with van der Waals surface area (Å²) >= 11 is 3.53. The highest BCUT2D eigenvalue weighted by atomic mass is 79.9. The van der Waals surface area contributed by atoms with Crippen LogP contribution in [0.4, 0.5) is 5.69 Å². The molecule has 0 bridgehead atoms. The second-order valence-electron chi connectivity index (χ2n) is 7.57. The molecule has 0 aliphatic rings. The zero-order chi connectivity index (χ0) is 17.0. The predicted molar refractivity (Wildman–Crippen MR) is 102 cm³/mol. The zero-order valence-electron chi connectivity index (χ0n) is 14.6. The molecule has 120 valence electrons. The molecule has 0 aliphatic carbocycles. The van der Waals surface area contributed by atoms with E-state index < -0.39 is 0 Å². The number of hydrogen-bond acceptors (Lipinski definition) is 1. The minimum atomic E-state index is 0.158. The van der Waals surface area contributed by atoms with Gasteiger partial charge in [0.25, 0.3) is 0 Å². The van der Waals surface area contributed by atoms with Crippen molar-refractivity contribution < 1.29 is 0 Å². The van der Waals surface area contributed by atoms with Gasteiger partial charge in [0, 0.05) is 10.2 Å². The van der Waals surface area contributed by atoms with Crippen LogP contribution < -0.4 is 5.73 Å². The zero-order valence-corrected chi connectivity index (χ0v) is 16.2. The van der Waals surface area contributed by atoms with Gasteiger partial charge >= 0.3 is 0 Å². The summed E-state index contributed by atoms with van der Waals surface area (Å²) in [5.41, 5.74) is 9.67. The van der Waals surface area contributed by atoms with Gasteiger partial charge in [-0.3, -0.25) is 0 Å². The van der Waals surface area contributed by atoms with Gasteiger partial charge in [-0.05, 0) is 34.1 Å². The van der Waals surface area contributed by atoms with Gasteiger partial charge in [0.05, 0.1) is 0 Å². The normalized spacial score (nSPS) is 11.6. The molecule has 0 atom stereocenters. The van der Waals surface area contributed by atoms with Gasteiger partial charge in [-0.1, -0.05) is 93.9 Å². The molecule has 0 unspecified atom stereocenters. The molecule has 22 heavy (non-hydrogen) atoms. The number of rotatable bonds is 0. The Balaban J connectivity index is 0.000000220. The first-order chi connectivity index (χ1) is 10.0. The van der Waals surface area contributed by atoms with Crippen LogP contribution in [0.3, 0.4) is 0 Å². The summed E-state index contributed by atoms with van der Waals surface area (Å²) in [7, 11) is 0. The van der Waals surface area contributed by atoms with Crippen LogP contribution in [0, 0.1) is 0 Å². The van der Waals surface area contributed by atoms with E-state index >= 15 is 0 Å². The molecule has 1 nitrogen and oxygen atoms in total. The monoisotopic (exact) mass is 361 g/mol. The predicted octanol–water partition coefficient (Wildman–Crippen LogP) is 6.31. The standard InChI is InChI=1S/C10H13Br.C10H15N/c2*1-10(2,3)8-6-4-5-7-9(8)11/h4-7H,1-3H3;4-7H,11H2,1-3H3. The van der Waals surface area contributed by atoms with Crippen molar-refractivity contribution in [1.29, 1.82) is 0 Å². The summed E-state index contributed by atoms with van der Waals surface area (Å²) in [5, 5.41) is 0. The van der Waals surface area contributed by atoms with E-state index in [0.29, 0.717) is 0 Å². The molecule has 2 aromatic rings. The molecule has 0 radical (unpaired) electrons. The molecule has 0 aliphatic heterocycles. The first-order valence-corrected chi connectivity index (χ1v) is 8.43. The Morgan fingerprint density at radius 2 is 1.09 bits per heavy atom. The van der Waals surface area contributed by atoms with Crippen LogP contribution >= 0.6 is 15.9 Å². The molecule has 0 saturated carbocycles. The quantitative estimate of drug-likeness (QED) is 0.546. The van der Waals surface area contributed by atoms with Crippen molar-refractivity contribution in [2.45, 2.75) is 52.4 Å². The highest BCUT2D eigenvalue weighted by molar-refractivity contribution is 9.10. The fraction of sp³-hybridized carbons (Fsp3) is 0.400. The van der Waals surface area contributed by atoms with Gasteiger partial charge in [-0.2, -0.15) is 0 Å². The highest BCUT2D eigenvalue weighted by Gasteiger charge is 2.16.